The van der Waals surface area contributed by atoms with Crippen molar-refractivity contribution in [1.82, 2.24) is 4.31 Å². The molecule has 0 aliphatic carbocycles. The molecule has 1 unspecified atom stereocenters. The number of piperidine rings is 1. The van der Waals surface area contributed by atoms with Crippen LogP contribution in [0, 0.1) is 0 Å². The first-order chi connectivity index (χ1) is 9.98. The maximum Gasteiger partial charge on any atom is 0.243 e. The summed E-state index contributed by atoms with van der Waals surface area (Å²) in [4.78, 5) is 0.335. The molecule has 0 spiro atoms. The maximum atomic E-state index is 12.9. The molecule has 0 amide bonds. The highest BCUT2D eigenvalue weighted by atomic mass is 32.2. The van der Waals surface area contributed by atoms with Gasteiger partial charge in [-0.3, -0.25) is 0 Å². The van der Waals surface area contributed by atoms with Crippen molar-refractivity contribution in [2.45, 2.75) is 44.1 Å². The molecule has 1 fully saturated rings. The molecule has 1 aliphatic heterocycles. The number of benzene rings is 1. The van der Waals surface area contributed by atoms with Gasteiger partial charge in [-0.1, -0.05) is 13.0 Å². The fourth-order valence-electron chi connectivity index (χ4n) is 2.74. The van der Waals surface area contributed by atoms with Gasteiger partial charge in [-0.15, -0.1) is 0 Å². The summed E-state index contributed by atoms with van der Waals surface area (Å²) in [5.74, 6) is 0. The summed E-state index contributed by atoms with van der Waals surface area (Å²) < 4.78 is 32.9. The Labute approximate surface area is 127 Å². The van der Waals surface area contributed by atoms with E-state index >= 15 is 0 Å². The van der Waals surface area contributed by atoms with Crippen molar-refractivity contribution >= 4 is 15.7 Å². The van der Waals surface area contributed by atoms with E-state index in [1.165, 1.54) is 4.31 Å². The zero-order valence-corrected chi connectivity index (χ0v) is 13.5. The molecule has 1 saturated heterocycles. The van der Waals surface area contributed by atoms with Crippen LogP contribution in [0.25, 0.3) is 0 Å². The summed E-state index contributed by atoms with van der Waals surface area (Å²) in [6.45, 7) is 5.46. The molecule has 118 valence electrons. The third kappa shape index (κ3) is 3.56. The molecule has 0 aromatic heterocycles. The predicted octanol–water partition coefficient (Wildman–Crippen LogP) is 2.02. The lowest BCUT2D eigenvalue weighted by Crippen LogP contribution is -2.43. The smallest absolute Gasteiger partial charge is 0.243 e. The third-order valence-corrected chi connectivity index (χ3v) is 5.78. The number of nitrogens with two attached hydrogens (primary N) is 1. The van der Waals surface area contributed by atoms with Gasteiger partial charge in [0, 0.05) is 25.4 Å². The standard InChI is InChI=1S/C15H24N2O3S/c1-3-12-7-8-13(16)10-15(12)21(18,19)17-9-5-6-14(11-17)20-4-2/h7-8,10,14H,3-6,9,11,16H2,1-2H3. The van der Waals surface area contributed by atoms with E-state index in [4.69, 9.17) is 10.5 Å². The lowest BCUT2D eigenvalue weighted by Gasteiger charge is -2.32. The number of nitrogens with zero attached hydrogens (tertiary/aromatic N) is 1. The van der Waals surface area contributed by atoms with Gasteiger partial charge in [-0.25, -0.2) is 8.42 Å². The zero-order chi connectivity index (χ0) is 15.5. The van der Waals surface area contributed by atoms with Gasteiger partial charge in [0.05, 0.1) is 11.0 Å². The van der Waals surface area contributed by atoms with Gasteiger partial charge in [0.1, 0.15) is 0 Å². The normalized spacial score (nSPS) is 20.6. The molecule has 2 N–H and O–H groups in total. The minimum Gasteiger partial charge on any atom is -0.399 e. The Balaban J connectivity index is 2.31. The van der Waals surface area contributed by atoms with Crippen LogP contribution in [-0.2, 0) is 21.2 Å². The third-order valence-electron chi connectivity index (χ3n) is 3.83. The van der Waals surface area contributed by atoms with Crippen molar-refractivity contribution in [3.8, 4) is 0 Å². The van der Waals surface area contributed by atoms with Crippen LogP contribution in [0.5, 0.6) is 0 Å². The molecule has 0 saturated carbocycles. The number of hydrogen-bond donors (Lipinski definition) is 1. The van der Waals surface area contributed by atoms with E-state index in [1.807, 2.05) is 13.8 Å². The first-order valence-corrected chi connectivity index (χ1v) is 8.93. The fourth-order valence-corrected chi connectivity index (χ4v) is 4.58. The van der Waals surface area contributed by atoms with Gasteiger partial charge >= 0.3 is 0 Å². The Morgan fingerprint density at radius 2 is 2.14 bits per heavy atom. The number of ether oxygens (including phenoxy) is 1. The fraction of sp³-hybridized carbons (Fsp3) is 0.600. The molecule has 0 bridgehead atoms. The van der Waals surface area contributed by atoms with Crippen LogP contribution in [0.3, 0.4) is 0 Å². The second kappa shape index (κ2) is 6.77. The van der Waals surface area contributed by atoms with Gasteiger partial charge in [0.2, 0.25) is 10.0 Å². The molecule has 5 nitrogen and oxygen atoms in total. The lowest BCUT2D eigenvalue weighted by atomic mass is 10.1. The van der Waals surface area contributed by atoms with Gasteiger partial charge < -0.3 is 10.5 Å². The van der Waals surface area contributed by atoms with Crippen LogP contribution in [0.4, 0.5) is 5.69 Å². The second-order valence-electron chi connectivity index (χ2n) is 5.30. The van der Waals surface area contributed by atoms with Gasteiger partial charge in [0.25, 0.3) is 0 Å². The Morgan fingerprint density at radius 3 is 2.81 bits per heavy atom. The number of rotatable bonds is 5. The lowest BCUT2D eigenvalue weighted by molar-refractivity contribution is 0.0265. The van der Waals surface area contributed by atoms with Crippen LogP contribution in [0.1, 0.15) is 32.3 Å². The summed E-state index contributed by atoms with van der Waals surface area (Å²) in [7, 11) is -3.51. The van der Waals surface area contributed by atoms with E-state index in [-0.39, 0.29) is 6.10 Å². The molecule has 1 aromatic rings. The highest BCUT2D eigenvalue weighted by Crippen LogP contribution is 2.26. The van der Waals surface area contributed by atoms with Crippen molar-refractivity contribution in [3.63, 3.8) is 0 Å². The molecule has 21 heavy (non-hydrogen) atoms. The molecule has 1 atom stereocenters. The number of sulfonamides is 1. The van der Waals surface area contributed by atoms with Gasteiger partial charge in [-0.2, -0.15) is 4.31 Å². The Hall–Kier alpha value is -1.11. The van der Waals surface area contributed by atoms with Gasteiger partial charge in [-0.05, 0) is 43.9 Å². The minimum absolute atomic E-state index is 0.00957. The van der Waals surface area contributed by atoms with Crippen LogP contribution in [0.15, 0.2) is 23.1 Å². The highest BCUT2D eigenvalue weighted by molar-refractivity contribution is 7.89. The van der Waals surface area contributed by atoms with E-state index in [0.717, 1.165) is 18.4 Å². The van der Waals surface area contributed by atoms with E-state index < -0.39 is 10.0 Å². The second-order valence-corrected chi connectivity index (χ2v) is 7.21. The van der Waals surface area contributed by atoms with Gasteiger partial charge in [0.15, 0.2) is 0 Å². The molecule has 1 aliphatic rings. The molecule has 6 heteroatoms. The average Bonchev–Trinajstić information content (AvgIpc) is 2.48. The van der Waals surface area contributed by atoms with Crippen LogP contribution < -0.4 is 5.73 Å². The molecular formula is C15H24N2O3S. The topological polar surface area (TPSA) is 72.6 Å². The van der Waals surface area contributed by atoms with Crippen LogP contribution in [0.2, 0.25) is 0 Å². The Bertz CT molecular complexity index is 585. The van der Waals surface area contributed by atoms with E-state index in [2.05, 4.69) is 0 Å². The number of anilines is 1. The van der Waals surface area contributed by atoms with Crippen LogP contribution >= 0.6 is 0 Å². The van der Waals surface area contributed by atoms with E-state index in [0.29, 0.717) is 36.7 Å². The number of hydrogen-bond acceptors (Lipinski definition) is 4. The summed E-state index contributed by atoms with van der Waals surface area (Å²) in [6.07, 6.45) is 2.40. The SMILES string of the molecule is CCOC1CCCN(S(=O)(=O)c2cc(N)ccc2CC)C1. The first-order valence-electron chi connectivity index (χ1n) is 7.49. The largest absolute Gasteiger partial charge is 0.399 e. The molecule has 2 rings (SSSR count). The molecule has 1 heterocycles. The molecule has 1 aromatic carbocycles. The molecular weight excluding hydrogens is 288 g/mol. The van der Waals surface area contributed by atoms with Crippen molar-refractivity contribution in [3.05, 3.63) is 23.8 Å². The quantitative estimate of drug-likeness (QED) is 0.844. The van der Waals surface area contributed by atoms with Crippen LogP contribution in [-0.4, -0.2) is 38.5 Å². The number of nitrogen functional groups attached to an aromatic ring is 1. The summed E-state index contributed by atoms with van der Waals surface area (Å²) >= 11 is 0. The maximum absolute atomic E-state index is 12.9. The Morgan fingerprint density at radius 1 is 1.38 bits per heavy atom. The van der Waals surface area contributed by atoms with Crippen molar-refractivity contribution in [2.75, 3.05) is 25.4 Å². The molecule has 0 radical (unpaired) electrons. The summed E-state index contributed by atoms with van der Waals surface area (Å²) in [5, 5.41) is 0. The minimum atomic E-state index is -3.51. The van der Waals surface area contributed by atoms with Crippen molar-refractivity contribution < 1.29 is 13.2 Å². The van der Waals surface area contributed by atoms with E-state index in [9.17, 15) is 8.42 Å². The predicted molar refractivity (Wildman–Crippen MR) is 83.6 cm³/mol. The summed E-state index contributed by atoms with van der Waals surface area (Å²) in [6, 6.07) is 5.11. The average molecular weight is 312 g/mol. The van der Waals surface area contributed by atoms with Crippen molar-refractivity contribution in [2.24, 2.45) is 0 Å². The number of aryl methyl sites for hydroxylation is 1. The van der Waals surface area contributed by atoms with Crippen molar-refractivity contribution in [1.29, 1.82) is 0 Å². The summed E-state index contributed by atoms with van der Waals surface area (Å²) in [5.41, 5.74) is 7.06. The Kier molecular flexibility index (Phi) is 5.24. The van der Waals surface area contributed by atoms with E-state index in [1.54, 1.807) is 18.2 Å². The first kappa shape index (κ1) is 16.3. The monoisotopic (exact) mass is 312 g/mol. The zero-order valence-electron chi connectivity index (χ0n) is 12.7. The highest BCUT2D eigenvalue weighted by Gasteiger charge is 2.31.